The Morgan fingerprint density at radius 2 is 1.57 bits per heavy atom. The van der Waals surface area contributed by atoms with Gasteiger partial charge < -0.3 is 11.1 Å². The SMILES string of the molecule is NC(=S)c1cc(F)c(NCc2ccc(F)c(F)c2)c(F)c1. The monoisotopic (exact) mass is 314 g/mol. The van der Waals surface area contributed by atoms with E-state index in [1.165, 1.54) is 6.07 Å². The summed E-state index contributed by atoms with van der Waals surface area (Å²) in [5.74, 6) is -3.77. The number of nitrogens with two attached hydrogens (primary N) is 1. The van der Waals surface area contributed by atoms with Gasteiger partial charge in [-0.15, -0.1) is 0 Å². The fourth-order valence-electron chi connectivity index (χ4n) is 1.72. The second kappa shape index (κ2) is 6.09. The van der Waals surface area contributed by atoms with Crippen LogP contribution in [0.5, 0.6) is 0 Å². The minimum atomic E-state index is -1.03. The number of nitrogens with one attached hydrogen (secondary N) is 1. The van der Waals surface area contributed by atoms with Crippen LogP contribution in [0.1, 0.15) is 11.1 Å². The van der Waals surface area contributed by atoms with E-state index in [0.29, 0.717) is 5.56 Å². The summed E-state index contributed by atoms with van der Waals surface area (Å²) >= 11 is 4.64. The number of hydrogen-bond acceptors (Lipinski definition) is 2. The molecular formula is C14H10F4N2S. The third-order valence-electron chi connectivity index (χ3n) is 2.78. The molecule has 0 aromatic heterocycles. The molecule has 0 fully saturated rings. The standard InChI is InChI=1S/C14H10F4N2S/c15-9-2-1-7(3-10(9)16)6-20-13-11(17)4-8(14(19)21)5-12(13)18/h1-5,20H,6H2,(H2,19,21). The maximum absolute atomic E-state index is 13.8. The van der Waals surface area contributed by atoms with Crippen LogP contribution in [-0.4, -0.2) is 4.99 Å². The molecule has 21 heavy (non-hydrogen) atoms. The second-order valence-corrected chi connectivity index (χ2v) is 4.72. The predicted octanol–water partition coefficient (Wildman–Crippen LogP) is 3.49. The van der Waals surface area contributed by atoms with Gasteiger partial charge in [0.15, 0.2) is 11.6 Å². The molecule has 0 aliphatic heterocycles. The molecule has 0 aliphatic carbocycles. The Morgan fingerprint density at radius 1 is 0.952 bits per heavy atom. The fourth-order valence-corrected chi connectivity index (χ4v) is 1.84. The van der Waals surface area contributed by atoms with Crippen molar-refractivity contribution in [2.75, 3.05) is 5.32 Å². The Bertz CT molecular complexity index is 680. The first-order valence-electron chi connectivity index (χ1n) is 5.85. The highest BCUT2D eigenvalue weighted by Crippen LogP contribution is 2.22. The normalized spacial score (nSPS) is 10.5. The highest BCUT2D eigenvalue weighted by Gasteiger charge is 2.12. The average Bonchev–Trinajstić information content (AvgIpc) is 2.41. The maximum Gasteiger partial charge on any atom is 0.159 e. The molecule has 2 aromatic carbocycles. The van der Waals surface area contributed by atoms with Gasteiger partial charge >= 0.3 is 0 Å². The van der Waals surface area contributed by atoms with E-state index in [0.717, 1.165) is 24.3 Å². The molecule has 0 amide bonds. The summed E-state index contributed by atoms with van der Waals surface area (Å²) in [6, 6.07) is 5.19. The zero-order valence-electron chi connectivity index (χ0n) is 10.6. The van der Waals surface area contributed by atoms with Crippen molar-refractivity contribution in [1.29, 1.82) is 0 Å². The van der Waals surface area contributed by atoms with Crippen LogP contribution in [0, 0.1) is 23.3 Å². The number of benzene rings is 2. The summed E-state index contributed by atoms with van der Waals surface area (Å²) in [5.41, 5.74) is 5.32. The van der Waals surface area contributed by atoms with Gasteiger partial charge in [0.1, 0.15) is 22.3 Å². The lowest BCUT2D eigenvalue weighted by molar-refractivity contribution is 0.507. The lowest BCUT2D eigenvalue weighted by Crippen LogP contribution is -2.12. The molecule has 2 rings (SSSR count). The molecule has 3 N–H and O–H groups in total. The number of hydrogen-bond donors (Lipinski definition) is 2. The fraction of sp³-hybridized carbons (Fsp3) is 0.0714. The van der Waals surface area contributed by atoms with Crippen LogP contribution in [0.15, 0.2) is 30.3 Å². The van der Waals surface area contributed by atoms with Gasteiger partial charge in [-0.25, -0.2) is 17.6 Å². The molecule has 2 nitrogen and oxygen atoms in total. The van der Waals surface area contributed by atoms with Crippen molar-refractivity contribution < 1.29 is 17.6 Å². The summed E-state index contributed by atoms with van der Waals surface area (Å²) < 4.78 is 53.3. The molecule has 0 saturated carbocycles. The summed E-state index contributed by atoms with van der Waals surface area (Å²) in [6.07, 6.45) is 0. The molecule has 2 aromatic rings. The van der Waals surface area contributed by atoms with Gasteiger partial charge in [0.2, 0.25) is 0 Å². The Labute approximate surface area is 123 Å². The Kier molecular flexibility index (Phi) is 4.42. The van der Waals surface area contributed by atoms with E-state index in [2.05, 4.69) is 17.5 Å². The minimum Gasteiger partial charge on any atom is -0.389 e. The maximum atomic E-state index is 13.8. The first-order valence-corrected chi connectivity index (χ1v) is 6.26. The third kappa shape index (κ3) is 3.49. The quantitative estimate of drug-likeness (QED) is 0.670. The van der Waals surface area contributed by atoms with Crippen LogP contribution >= 0.6 is 12.2 Å². The molecule has 0 aliphatic rings. The molecule has 0 heterocycles. The highest BCUT2D eigenvalue weighted by atomic mass is 32.1. The summed E-state index contributed by atoms with van der Waals surface area (Å²) in [5, 5.41) is 2.49. The Balaban J connectivity index is 2.20. The highest BCUT2D eigenvalue weighted by molar-refractivity contribution is 7.80. The first-order chi connectivity index (χ1) is 9.88. The van der Waals surface area contributed by atoms with E-state index in [4.69, 9.17) is 5.73 Å². The van der Waals surface area contributed by atoms with Crippen LogP contribution in [0.3, 0.4) is 0 Å². The zero-order valence-corrected chi connectivity index (χ0v) is 11.4. The van der Waals surface area contributed by atoms with Gasteiger partial charge in [-0.05, 0) is 29.8 Å². The van der Waals surface area contributed by atoms with Crippen LogP contribution in [-0.2, 0) is 6.54 Å². The van der Waals surface area contributed by atoms with Crippen molar-refractivity contribution in [3.05, 3.63) is 64.7 Å². The van der Waals surface area contributed by atoms with Crippen molar-refractivity contribution in [2.24, 2.45) is 5.73 Å². The molecule has 7 heteroatoms. The predicted molar refractivity (Wildman–Crippen MR) is 75.9 cm³/mol. The number of halogens is 4. The molecule has 0 bridgehead atoms. The Hall–Kier alpha value is -2.15. The van der Waals surface area contributed by atoms with Gasteiger partial charge in [-0.3, -0.25) is 0 Å². The second-order valence-electron chi connectivity index (χ2n) is 4.28. The number of rotatable bonds is 4. The van der Waals surface area contributed by atoms with Crippen LogP contribution in [0.2, 0.25) is 0 Å². The molecule has 110 valence electrons. The average molecular weight is 314 g/mol. The van der Waals surface area contributed by atoms with Crippen molar-refractivity contribution >= 4 is 22.9 Å². The molecule has 0 unspecified atom stereocenters. The lowest BCUT2D eigenvalue weighted by atomic mass is 10.1. The van der Waals surface area contributed by atoms with Gasteiger partial charge in [-0.2, -0.15) is 0 Å². The van der Waals surface area contributed by atoms with Crippen molar-refractivity contribution in [3.8, 4) is 0 Å². The van der Waals surface area contributed by atoms with E-state index in [-0.39, 0.29) is 22.8 Å². The zero-order chi connectivity index (χ0) is 15.6. The van der Waals surface area contributed by atoms with Gasteiger partial charge in [0.05, 0.1) is 0 Å². The van der Waals surface area contributed by atoms with E-state index in [9.17, 15) is 17.6 Å². The smallest absolute Gasteiger partial charge is 0.159 e. The largest absolute Gasteiger partial charge is 0.389 e. The molecule has 0 radical (unpaired) electrons. The number of anilines is 1. The van der Waals surface area contributed by atoms with Crippen molar-refractivity contribution in [3.63, 3.8) is 0 Å². The first kappa shape index (κ1) is 15.2. The molecule has 0 atom stereocenters. The molecular weight excluding hydrogens is 304 g/mol. The van der Waals surface area contributed by atoms with Gasteiger partial charge in [-0.1, -0.05) is 18.3 Å². The van der Waals surface area contributed by atoms with Gasteiger partial charge in [0.25, 0.3) is 0 Å². The van der Waals surface area contributed by atoms with Crippen LogP contribution < -0.4 is 11.1 Å². The van der Waals surface area contributed by atoms with Crippen molar-refractivity contribution in [1.82, 2.24) is 0 Å². The van der Waals surface area contributed by atoms with Crippen molar-refractivity contribution in [2.45, 2.75) is 6.54 Å². The minimum absolute atomic E-state index is 0.0679. The van der Waals surface area contributed by atoms with E-state index in [1.54, 1.807) is 0 Å². The summed E-state index contributed by atoms with van der Waals surface area (Å²) in [6.45, 7) is -0.0720. The molecule has 0 saturated heterocycles. The topological polar surface area (TPSA) is 38.0 Å². The third-order valence-corrected chi connectivity index (χ3v) is 3.02. The van der Waals surface area contributed by atoms with Crippen LogP contribution in [0.25, 0.3) is 0 Å². The van der Waals surface area contributed by atoms with Crippen LogP contribution in [0.4, 0.5) is 23.2 Å². The van der Waals surface area contributed by atoms with E-state index >= 15 is 0 Å². The summed E-state index contributed by atoms with van der Waals surface area (Å²) in [7, 11) is 0. The lowest BCUT2D eigenvalue weighted by Gasteiger charge is -2.10. The van der Waals surface area contributed by atoms with Gasteiger partial charge in [0, 0.05) is 12.1 Å². The number of thiocarbonyl (C=S) groups is 1. The van der Waals surface area contributed by atoms with E-state index in [1.807, 2.05) is 0 Å². The summed E-state index contributed by atoms with van der Waals surface area (Å²) in [4.78, 5) is -0.125. The Morgan fingerprint density at radius 3 is 2.10 bits per heavy atom. The van der Waals surface area contributed by atoms with E-state index < -0.39 is 23.3 Å². The molecule has 0 spiro atoms.